The van der Waals surface area contributed by atoms with Gasteiger partial charge in [0.15, 0.2) is 0 Å². The number of likely N-dealkylation sites (tertiary alicyclic amines) is 1. The zero-order chi connectivity index (χ0) is 19.4. The second-order valence-electron chi connectivity index (χ2n) is 6.37. The summed E-state index contributed by atoms with van der Waals surface area (Å²) >= 11 is 5.86. The lowest BCUT2D eigenvalue weighted by Crippen LogP contribution is -2.40. The number of hydrogen-bond donors (Lipinski definition) is 1. The second kappa shape index (κ2) is 8.49. The molecule has 1 aliphatic rings. The van der Waals surface area contributed by atoms with E-state index in [9.17, 15) is 14.7 Å². The molecule has 1 aromatic heterocycles. The first-order valence-electron chi connectivity index (χ1n) is 8.61. The quantitative estimate of drug-likeness (QED) is 0.769. The standard InChI is InChI=1S/C18H20ClN3O5/c1-26-13-9-14(18(24)25)22(10-13)16(23)4-2-3-15-20-17(21-27-15)11-5-7-12(19)8-6-11/h5-8,13-14H,2-4,9-10H2,1H3,(H,24,25). The highest BCUT2D eigenvalue weighted by molar-refractivity contribution is 6.30. The summed E-state index contributed by atoms with van der Waals surface area (Å²) in [6, 6.07) is 6.25. The van der Waals surface area contributed by atoms with E-state index in [4.69, 9.17) is 20.9 Å². The SMILES string of the molecule is COC1CC(C(=O)O)N(C(=O)CCCc2nc(-c3ccc(Cl)cc3)no2)C1. The van der Waals surface area contributed by atoms with Crippen LogP contribution in [0.4, 0.5) is 0 Å². The number of carboxylic acid groups (broad SMARTS) is 1. The van der Waals surface area contributed by atoms with E-state index in [1.807, 2.05) is 0 Å². The Balaban J connectivity index is 1.53. The fourth-order valence-electron chi connectivity index (χ4n) is 3.09. The molecule has 2 unspecified atom stereocenters. The van der Waals surface area contributed by atoms with Gasteiger partial charge in [-0.25, -0.2) is 4.79 Å². The number of aliphatic carboxylic acids is 1. The molecule has 1 amide bonds. The van der Waals surface area contributed by atoms with E-state index in [-0.39, 0.29) is 18.4 Å². The molecule has 0 aliphatic carbocycles. The number of benzene rings is 1. The highest BCUT2D eigenvalue weighted by Gasteiger charge is 2.39. The molecule has 0 radical (unpaired) electrons. The zero-order valence-electron chi connectivity index (χ0n) is 14.8. The van der Waals surface area contributed by atoms with Gasteiger partial charge in [0, 0.05) is 43.5 Å². The molecule has 1 aromatic carbocycles. The molecule has 9 heteroatoms. The lowest BCUT2D eigenvalue weighted by Gasteiger charge is -2.21. The molecule has 8 nitrogen and oxygen atoms in total. The van der Waals surface area contributed by atoms with Crippen molar-refractivity contribution in [2.24, 2.45) is 0 Å². The van der Waals surface area contributed by atoms with E-state index in [0.29, 0.717) is 42.5 Å². The Morgan fingerprint density at radius 1 is 1.37 bits per heavy atom. The molecule has 0 bridgehead atoms. The average Bonchev–Trinajstić information content (AvgIpc) is 3.29. The Morgan fingerprint density at radius 3 is 2.78 bits per heavy atom. The molecule has 1 aliphatic heterocycles. The maximum absolute atomic E-state index is 12.4. The van der Waals surface area contributed by atoms with Gasteiger partial charge in [0.2, 0.25) is 17.6 Å². The van der Waals surface area contributed by atoms with Gasteiger partial charge < -0.3 is 19.3 Å². The summed E-state index contributed by atoms with van der Waals surface area (Å²) in [5, 5.41) is 13.8. The largest absolute Gasteiger partial charge is 0.480 e. The molecule has 27 heavy (non-hydrogen) atoms. The van der Waals surface area contributed by atoms with Gasteiger partial charge >= 0.3 is 5.97 Å². The summed E-state index contributed by atoms with van der Waals surface area (Å²) in [6.45, 7) is 0.299. The molecule has 1 N–H and O–H groups in total. The van der Waals surface area contributed by atoms with Gasteiger partial charge in [-0.3, -0.25) is 4.79 Å². The predicted octanol–water partition coefficient (Wildman–Crippen LogP) is 2.41. The van der Waals surface area contributed by atoms with Crippen molar-refractivity contribution in [2.75, 3.05) is 13.7 Å². The van der Waals surface area contributed by atoms with Gasteiger partial charge in [0.1, 0.15) is 6.04 Å². The number of aryl methyl sites for hydroxylation is 1. The fraction of sp³-hybridized carbons (Fsp3) is 0.444. The van der Waals surface area contributed by atoms with Crippen LogP contribution < -0.4 is 0 Å². The van der Waals surface area contributed by atoms with Crippen LogP contribution in [0.1, 0.15) is 25.2 Å². The molecule has 0 spiro atoms. The van der Waals surface area contributed by atoms with E-state index in [0.717, 1.165) is 5.56 Å². The molecule has 1 saturated heterocycles. The Kier molecular flexibility index (Phi) is 6.08. The Hall–Kier alpha value is -2.45. The van der Waals surface area contributed by atoms with Crippen molar-refractivity contribution < 1.29 is 24.0 Å². The van der Waals surface area contributed by atoms with Crippen molar-refractivity contribution in [3.63, 3.8) is 0 Å². The fourth-order valence-corrected chi connectivity index (χ4v) is 3.21. The van der Waals surface area contributed by atoms with Gasteiger partial charge in [-0.05, 0) is 30.7 Å². The number of ether oxygens (including phenoxy) is 1. The number of halogens is 1. The summed E-state index contributed by atoms with van der Waals surface area (Å²) in [4.78, 5) is 29.4. The first-order valence-corrected chi connectivity index (χ1v) is 8.99. The van der Waals surface area contributed by atoms with Gasteiger partial charge in [0.05, 0.1) is 6.10 Å². The third-order valence-electron chi connectivity index (χ3n) is 4.55. The second-order valence-corrected chi connectivity index (χ2v) is 6.80. The minimum absolute atomic E-state index is 0.207. The van der Waals surface area contributed by atoms with Crippen LogP contribution in [0.3, 0.4) is 0 Å². The van der Waals surface area contributed by atoms with Crippen LogP contribution in [0.5, 0.6) is 0 Å². The predicted molar refractivity (Wildman–Crippen MR) is 96.2 cm³/mol. The molecule has 3 rings (SSSR count). The van der Waals surface area contributed by atoms with Crippen molar-refractivity contribution in [2.45, 2.75) is 37.8 Å². The normalized spacial score (nSPS) is 19.4. The molecular weight excluding hydrogens is 374 g/mol. The van der Waals surface area contributed by atoms with Crippen LogP contribution >= 0.6 is 11.6 Å². The number of aromatic nitrogens is 2. The zero-order valence-corrected chi connectivity index (χ0v) is 15.6. The molecule has 2 heterocycles. The van der Waals surface area contributed by atoms with Crippen molar-refractivity contribution >= 4 is 23.5 Å². The van der Waals surface area contributed by atoms with Crippen LogP contribution in [-0.2, 0) is 20.7 Å². The topological polar surface area (TPSA) is 106 Å². The van der Waals surface area contributed by atoms with Crippen LogP contribution in [0.15, 0.2) is 28.8 Å². The number of hydrogen-bond acceptors (Lipinski definition) is 6. The third-order valence-corrected chi connectivity index (χ3v) is 4.81. The van der Waals surface area contributed by atoms with Crippen LogP contribution in [0.2, 0.25) is 5.02 Å². The average molecular weight is 394 g/mol. The summed E-state index contributed by atoms with van der Waals surface area (Å²) < 4.78 is 10.4. The summed E-state index contributed by atoms with van der Waals surface area (Å²) in [7, 11) is 1.52. The van der Waals surface area contributed by atoms with E-state index in [2.05, 4.69) is 10.1 Å². The highest BCUT2D eigenvalue weighted by Crippen LogP contribution is 2.22. The number of carboxylic acids is 1. The van der Waals surface area contributed by atoms with Crippen LogP contribution in [-0.4, -0.2) is 57.8 Å². The number of amides is 1. The Bertz CT molecular complexity index is 808. The number of methoxy groups -OCH3 is 1. The molecule has 144 valence electrons. The molecule has 0 saturated carbocycles. The first-order chi connectivity index (χ1) is 13.0. The summed E-state index contributed by atoms with van der Waals surface area (Å²) in [5.74, 6) is -0.327. The Labute approximate surface area is 161 Å². The van der Waals surface area contributed by atoms with E-state index >= 15 is 0 Å². The minimum atomic E-state index is -1.01. The smallest absolute Gasteiger partial charge is 0.326 e. The highest BCUT2D eigenvalue weighted by atomic mass is 35.5. The van der Waals surface area contributed by atoms with Crippen molar-refractivity contribution in [1.29, 1.82) is 0 Å². The van der Waals surface area contributed by atoms with Gasteiger partial charge in [-0.2, -0.15) is 4.98 Å². The third kappa shape index (κ3) is 4.64. The van der Waals surface area contributed by atoms with Gasteiger partial charge in [-0.15, -0.1) is 0 Å². The number of rotatable bonds is 7. The monoisotopic (exact) mass is 393 g/mol. The van der Waals surface area contributed by atoms with E-state index in [1.54, 1.807) is 24.3 Å². The lowest BCUT2D eigenvalue weighted by molar-refractivity contribution is -0.148. The summed E-state index contributed by atoms with van der Waals surface area (Å²) in [6.07, 6.45) is 1.20. The number of carbonyl (C=O) groups is 2. The van der Waals surface area contributed by atoms with Crippen molar-refractivity contribution in [1.82, 2.24) is 15.0 Å². The van der Waals surface area contributed by atoms with Crippen LogP contribution in [0.25, 0.3) is 11.4 Å². The van der Waals surface area contributed by atoms with E-state index in [1.165, 1.54) is 12.0 Å². The molecular formula is C18H20ClN3O5. The molecule has 1 fully saturated rings. The lowest BCUT2D eigenvalue weighted by atomic mass is 10.2. The Morgan fingerprint density at radius 2 is 2.11 bits per heavy atom. The maximum atomic E-state index is 12.4. The minimum Gasteiger partial charge on any atom is -0.480 e. The first kappa shape index (κ1) is 19.3. The van der Waals surface area contributed by atoms with Gasteiger partial charge in [-0.1, -0.05) is 16.8 Å². The van der Waals surface area contributed by atoms with Crippen LogP contribution in [0, 0.1) is 0 Å². The maximum Gasteiger partial charge on any atom is 0.326 e. The summed E-state index contributed by atoms with van der Waals surface area (Å²) in [5.41, 5.74) is 0.789. The van der Waals surface area contributed by atoms with Crippen molar-refractivity contribution in [3.8, 4) is 11.4 Å². The molecule has 2 atom stereocenters. The number of nitrogens with zero attached hydrogens (tertiary/aromatic N) is 3. The van der Waals surface area contributed by atoms with Gasteiger partial charge in [0.25, 0.3) is 0 Å². The molecule has 2 aromatic rings. The van der Waals surface area contributed by atoms with Crippen molar-refractivity contribution in [3.05, 3.63) is 35.2 Å². The number of carbonyl (C=O) groups excluding carboxylic acids is 1. The van der Waals surface area contributed by atoms with E-state index < -0.39 is 12.0 Å².